The molecule has 1 rings (SSSR count). The van der Waals surface area contributed by atoms with Gasteiger partial charge < -0.3 is 15.7 Å². The van der Waals surface area contributed by atoms with Crippen molar-refractivity contribution in [1.82, 2.24) is 10.6 Å². The van der Waals surface area contributed by atoms with E-state index in [1.807, 2.05) is 20.8 Å². The van der Waals surface area contributed by atoms with E-state index in [1.165, 1.54) is 0 Å². The molecule has 17 heavy (non-hydrogen) atoms. The minimum absolute atomic E-state index is 0.0342. The first kappa shape index (κ1) is 13.5. The summed E-state index contributed by atoms with van der Waals surface area (Å²) >= 11 is 0. The van der Waals surface area contributed by atoms with Crippen LogP contribution in [-0.2, 0) is 4.79 Å². The molecule has 0 fully saturated rings. The first-order valence-corrected chi connectivity index (χ1v) is 5.73. The molecule has 2 atom stereocenters. The summed E-state index contributed by atoms with van der Waals surface area (Å²) in [5.74, 6) is -1.33. The summed E-state index contributed by atoms with van der Waals surface area (Å²) in [4.78, 5) is 22.2. The fourth-order valence-corrected chi connectivity index (χ4v) is 1.55. The van der Waals surface area contributed by atoms with Gasteiger partial charge in [-0.2, -0.15) is 0 Å². The monoisotopic (exact) mass is 240 g/mol. The maximum atomic E-state index is 11.5. The summed E-state index contributed by atoms with van der Waals surface area (Å²) < 4.78 is 0. The van der Waals surface area contributed by atoms with Crippen molar-refractivity contribution in [2.75, 3.05) is 6.54 Å². The van der Waals surface area contributed by atoms with E-state index in [9.17, 15) is 9.59 Å². The smallest absolute Gasteiger partial charge is 0.315 e. The van der Waals surface area contributed by atoms with Gasteiger partial charge in [-0.25, -0.2) is 4.79 Å². The Kier molecular flexibility index (Phi) is 4.15. The third kappa shape index (κ3) is 4.89. The number of rotatable bonds is 3. The van der Waals surface area contributed by atoms with E-state index in [0.29, 0.717) is 13.0 Å². The van der Waals surface area contributed by atoms with Crippen LogP contribution in [0.15, 0.2) is 12.2 Å². The number of urea groups is 1. The number of amides is 2. The normalized spacial score (nSPS) is 23.5. The summed E-state index contributed by atoms with van der Waals surface area (Å²) in [6.07, 6.45) is 3.78. The molecule has 3 N–H and O–H groups in total. The number of carboxylic acid groups (broad SMARTS) is 1. The van der Waals surface area contributed by atoms with Crippen LogP contribution >= 0.6 is 0 Å². The number of hydrogen-bond acceptors (Lipinski definition) is 2. The molecule has 2 unspecified atom stereocenters. The van der Waals surface area contributed by atoms with Crippen LogP contribution in [-0.4, -0.2) is 29.7 Å². The van der Waals surface area contributed by atoms with E-state index >= 15 is 0 Å². The number of hydrogen-bond donors (Lipinski definition) is 3. The minimum atomic E-state index is -0.847. The molecule has 0 aromatic rings. The van der Waals surface area contributed by atoms with Gasteiger partial charge in [0, 0.05) is 6.54 Å². The van der Waals surface area contributed by atoms with Gasteiger partial charge in [-0.1, -0.05) is 32.9 Å². The third-order valence-corrected chi connectivity index (χ3v) is 2.50. The Morgan fingerprint density at radius 2 is 2.00 bits per heavy atom. The van der Waals surface area contributed by atoms with Crippen molar-refractivity contribution < 1.29 is 14.7 Å². The Labute approximate surface area is 101 Å². The Bertz CT molecular complexity index is 331. The van der Waals surface area contributed by atoms with Gasteiger partial charge in [0.05, 0.1) is 12.0 Å². The van der Waals surface area contributed by atoms with Gasteiger partial charge >= 0.3 is 12.0 Å². The first-order valence-electron chi connectivity index (χ1n) is 5.73. The maximum absolute atomic E-state index is 11.5. The molecular formula is C12H20N2O3. The average Bonchev–Trinajstić information content (AvgIpc) is 2.62. The number of carbonyl (C=O) groups is 2. The van der Waals surface area contributed by atoms with Gasteiger partial charge in [0.25, 0.3) is 0 Å². The van der Waals surface area contributed by atoms with Crippen LogP contribution in [0.3, 0.4) is 0 Å². The molecule has 0 heterocycles. The topological polar surface area (TPSA) is 78.4 Å². The first-order chi connectivity index (χ1) is 7.78. The summed E-state index contributed by atoms with van der Waals surface area (Å²) in [6, 6.07) is -0.434. The van der Waals surface area contributed by atoms with Crippen molar-refractivity contribution in [2.24, 2.45) is 11.3 Å². The number of carbonyl (C=O) groups excluding carboxylic acids is 1. The van der Waals surface area contributed by atoms with Gasteiger partial charge in [0.2, 0.25) is 0 Å². The van der Waals surface area contributed by atoms with E-state index in [-0.39, 0.29) is 17.5 Å². The average molecular weight is 240 g/mol. The zero-order valence-corrected chi connectivity index (χ0v) is 10.5. The van der Waals surface area contributed by atoms with Crippen LogP contribution < -0.4 is 10.6 Å². The highest BCUT2D eigenvalue weighted by molar-refractivity contribution is 5.76. The zero-order valence-electron chi connectivity index (χ0n) is 10.5. The number of carboxylic acids is 1. The predicted octanol–water partition coefficient (Wildman–Crippen LogP) is 1.36. The quantitative estimate of drug-likeness (QED) is 0.652. The Morgan fingerprint density at radius 1 is 1.35 bits per heavy atom. The van der Waals surface area contributed by atoms with Gasteiger partial charge in [-0.05, 0) is 11.8 Å². The fourth-order valence-electron chi connectivity index (χ4n) is 1.55. The lowest BCUT2D eigenvalue weighted by atomic mass is 9.97. The second kappa shape index (κ2) is 5.21. The van der Waals surface area contributed by atoms with Crippen molar-refractivity contribution in [2.45, 2.75) is 33.2 Å². The lowest BCUT2D eigenvalue weighted by Crippen LogP contribution is -2.43. The molecule has 0 aromatic heterocycles. The minimum Gasteiger partial charge on any atom is -0.481 e. The molecule has 96 valence electrons. The second-order valence-electron chi connectivity index (χ2n) is 5.56. The third-order valence-electron chi connectivity index (χ3n) is 2.50. The fraction of sp³-hybridized carbons (Fsp3) is 0.667. The van der Waals surface area contributed by atoms with Crippen molar-refractivity contribution in [1.29, 1.82) is 0 Å². The summed E-state index contributed by atoms with van der Waals surface area (Å²) in [6.45, 7) is 6.67. The largest absolute Gasteiger partial charge is 0.481 e. The van der Waals surface area contributed by atoms with Gasteiger partial charge in [-0.3, -0.25) is 4.79 Å². The molecule has 1 aliphatic carbocycles. The number of aliphatic carboxylic acids is 1. The molecule has 0 bridgehead atoms. The van der Waals surface area contributed by atoms with Crippen LogP contribution in [0.5, 0.6) is 0 Å². The van der Waals surface area contributed by atoms with Crippen LogP contribution in [0, 0.1) is 11.3 Å². The molecule has 0 spiro atoms. The predicted molar refractivity (Wildman–Crippen MR) is 64.7 cm³/mol. The molecular weight excluding hydrogens is 220 g/mol. The summed E-state index contributed by atoms with van der Waals surface area (Å²) in [7, 11) is 0. The highest BCUT2D eigenvalue weighted by atomic mass is 16.4. The van der Waals surface area contributed by atoms with Crippen LogP contribution in [0.25, 0.3) is 0 Å². The second-order valence-corrected chi connectivity index (χ2v) is 5.56. The molecule has 0 aliphatic heterocycles. The summed E-state index contributed by atoms with van der Waals surface area (Å²) in [5.41, 5.74) is 0.0342. The Balaban J connectivity index is 2.30. The van der Waals surface area contributed by atoms with Crippen LogP contribution in [0.1, 0.15) is 27.2 Å². The molecule has 1 aliphatic rings. The number of nitrogens with one attached hydrogen (secondary N) is 2. The van der Waals surface area contributed by atoms with Gasteiger partial charge in [-0.15, -0.1) is 0 Å². The SMILES string of the molecule is CC(C)(C)CNC(=O)NC1C=CC(C(=O)O)C1. The van der Waals surface area contributed by atoms with E-state index in [0.717, 1.165) is 0 Å². The van der Waals surface area contributed by atoms with Gasteiger partial charge in [0.1, 0.15) is 0 Å². The Hall–Kier alpha value is -1.52. The molecule has 0 saturated heterocycles. The molecule has 5 heteroatoms. The molecule has 2 amide bonds. The maximum Gasteiger partial charge on any atom is 0.315 e. The van der Waals surface area contributed by atoms with Crippen molar-refractivity contribution in [3.8, 4) is 0 Å². The van der Waals surface area contributed by atoms with Crippen LogP contribution in [0.4, 0.5) is 4.79 Å². The van der Waals surface area contributed by atoms with Gasteiger partial charge in [0.15, 0.2) is 0 Å². The van der Waals surface area contributed by atoms with Crippen LogP contribution in [0.2, 0.25) is 0 Å². The van der Waals surface area contributed by atoms with E-state index in [2.05, 4.69) is 10.6 Å². The van der Waals surface area contributed by atoms with E-state index < -0.39 is 11.9 Å². The Morgan fingerprint density at radius 3 is 2.47 bits per heavy atom. The molecule has 0 aromatic carbocycles. The van der Waals surface area contributed by atoms with E-state index in [4.69, 9.17) is 5.11 Å². The lowest BCUT2D eigenvalue weighted by Gasteiger charge is -2.20. The molecule has 5 nitrogen and oxygen atoms in total. The highest BCUT2D eigenvalue weighted by Gasteiger charge is 2.25. The zero-order chi connectivity index (χ0) is 13.1. The molecule has 0 radical (unpaired) electrons. The summed E-state index contributed by atoms with van der Waals surface area (Å²) in [5, 5.41) is 14.3. The van der Waals surface area contributed by atoms with E-state index in [1.54, 1.807) is 12.2 Å². The van der Waals surface area contributed by atoms with Crippen molar-refractivity contribution >= 4 is 12.0 Å². The lowest BCUT2D eigenvalue weighted by molar-refractivity contribution is -0.140. The van der Waals surface area contributed by atoms with Crippen molar-refractivity contribution in [3.63, 3.8) is 0 Å². The molecule has 0 saturated carbocycles. The van der Waals surface area contributed by atoms with Crippen molar-refractivity contribution in [3.05, 3.63) is 12.2 Å². The highest BCUT2D eigenvalue weighted by Crippen LogP contribution is 2.17. The standard InChI is InChI=1S/C12H20N2O3/c1-12(2,3)7-13-11(17)14-9-5-4-8(6-9)10(15)16/h4-5,8-9H,6-7H2,1-3H3,(H,15,16)(H2,13,14,17).